The molecule has 38 heavy (non-hydrogen) atoms. The van der Waals surface area contributed by atoms with Crippen LogP contribution in [-0.4, -0.2) is 55.1 Å². The summed E-state index contributed by atoms with van der Waals surface area (Å²) in [5, 5.41) is 0.119. The normalized spacial score (nSPS) is 14.9. The fraction of sp³-hybridized carbons (Fsp3) is 0.467. The molecule has 1 aliphatic heterocycles. The van der Waals surface area contributed by atoms with Crippen LogP contribution in [0.1, 0.15) is 74.7 Å². The standard InChI is InChI=1S/C30H37FN2O5/c1-5-9-10-17-37-24-13-11-20(18-25(24)36-8-4)27-26-28(34)22-19-21(31)12-14-23(22)38-29(26)30(35)33(27)16-15-32(6-2)7-3/h11-14,18-19,27H,5-10,15-17H2,1-4H3. The molecule has 2 heterocycles. The number of unbranched alkanes of at least 4 members (excludes halogenated alkanes) is 2. The van der Waals surface area contributed by atoms with Crippen molar-refractivity contribution in [2.45, 2.75) is 53.0 Å². The highest BCUT2D eigenvalue weighted by Gasteiger charge is 2.43. The van der Waals surface area contributed by atoms with Crippen LogP contribution in [0.3, 0.4) is 0 Å². The van der Waals surface area contributed by atoms with Gasteiger partial charge < -0.3 is 23.7 Å². The Morgan fingerprint density at radius 2 is 1.76 bits per heavy atom. The molecule has 4 rings (SSSR count). The van der Waals surface area contributed by atoms with Crippen molar-refractivity contribution >= 4 is 16.9 Å². The van der Waals surface area contributed by atoms with Gasteiger partial charge in [0.15, 0.2) is 16.9 Å². The number of carbonyl (C=O) groups excluding carboxylic acids is 1. The Labute approximate surface area is 223 Å². The van der Waals surface area contributed by atoms with Crippen molar-refractivity contribution in [1.29, 1.82) is 0 Å². The van der Waals surface area contributed by atoms with Crippen molar-refractivity contribution in [3.63, 3.8) is 0 Å². The van der Waals surface area contributed by atoms with Gasteiger partial charge in [0.2, 0.25) is 5.76 Å². The number of benzene rings is 2. The summed E-state index contributed by atoms with van der Waals surface area (Å²) in [7, 11) is 0. The molecule has 8 heteroatoms. The second kappa shape index (κ2) is 12.4. The molecule has 0 saturated carbocycles. The fourth-order valence-corrected chi connectivity index (χ4v) is 4.98. The molecule has 1 amide bonds. The second-order valence-electron chi connectivity index (χ2n) is 9.44. The predicted molar refractivity (Wildman–Crippen MR) is 146 cm³/mol. The zero-order valence-corrected chi connectivity index (χ0v) is 22.7. The molecule has 0 fully saturated rings. The van der Waals surface area contributed by atoms with E-state index in [1.165, 1.54) is 18.2 Å². The van der Waals surface area contributed by atoms with Crippen molar-refractivity contribution in [3.05, 3.63) is 69.3 Å². The molecule has 1 unspecified atom stereocenters. The summed E-state index contributed by atoms with van der Waals surface area (Å²) in [5.74, 6) is 0.308. The maximum Gasteiger partial charge on any atom is 0.290 e. The predicted octanol–water partition coefficient (Wildman–Crippen LogP) is 5.79. The summed E-state index contributed by atoms with van der Waals surface area (Å²) in [6.07, 6.45) is 3.12. The first kappa shape index (κ1) is 27.6. The van der Waals surface area contributed by atoms with Gasteiger partial charge in [-0.05, 0) is 62.3 Å². The average Bonchev–Trinajstić information content (AvgIpc) is 3.20. The van der Waals surface area contributed by atoms with Crippen molar-refractivity contribution < 1.29 is 23.1 Å². The van der Waals surface area contributed by atoms with E-state index in [1.54, 1.807) is 4.90 Å². The molecule has 204 valence electrons. The minimum atomic E-state index is -0.690. The molecule has 2 aromatic carbocycles. The number of ether oxygens (including phenoxy) is 2. The molecular weight excluding hydrogens is 487 g/mol. The monoisotopic (exact) mass is 524 g/mol. The Balaban J connectivity index is 1.81. The van der Waals surface area contributed by atoms with Gasteiger partial charge in [0, 0.05) is 13.1 Å². The molecule has 0 aliphatic carbocycles. The highest BCUT2D eigenvalue weighted by atomic mass is 19.1. The fourth-order valence-electron chi connectivity index (χ4n) is 4.98. The van der Waals surface area contributed by atoms with Crippen molar-refractivity contribution in [2.75, 3.05) is 39.4 Å². The van der Waals surface area contributed by atoms with Crippen molar-refractivity contribution in [2.24, 2.45) is 0 Å². The lowest BCUT2D eigenvalue weighted by molar-refractivity contribution is 0.0708. The Morgan fingerprint density at radius 1 is 0.974 bits per heavy atom. The average molecular weight is 525 g/mol. The summed E-state index contributed by atoms with van der Waals surface area (Å²) in [6.45, 7) is 11.9. The van der Waals surface area contributed by atoms with E-state index < -0.39 is 17.3 Å². The number of hydrogen-bond acceptors (Lipinski definition) is 6. The molecule has 1 atom stereocenters. The number of hydrogen-bond donors (Lipinski definition) is 0. The zero-order chi connectivity index (χ0) is 27.2. The van der Waals surface area contributed by atoms with Crippen LogP contribution in [0.15, 0.2) is 45.6 Å². The number of likely N-dealkylation sites (N-methyl/N-ethyl adjacent to an activating group) is 1. The summed E-state index contributed by atoms with van der Waals surface area (Å²) >= 11 is 0. The molecule has 0 spiro atoms. The summed E-state index contributed by atoms with van der Waals surface area (Å²) in [4.78, 5) is 31.3. The van der Waals surface area contributed by atoms with E-state index in [1.807, 2.05) is 25.1 Å². The SMILES string of the molecule is CCCCCOc1ccc(C2c3c(oc4ccc(F)cc4c3=O)C(=O)N2CCN(CC)CC)cc1OCC. The van der Waals surface area contributed by atoms with Gasteiger partial charge >= 0.3 is 0 Å². The lowest BCUT2D eigenvalue weighted by Gasteiger charge is -2.28. The smallest absolute Gasteiger partial charge is 0.290 e. The third kappa shape index (κ3) is 5.55. The van der Waals surface area contributed by atoms with Gasteiger partial charge in [-0.2, -0.15) is 0 Å². The quantitative estimate of drug-likeness (QED) is 0.264. The number of fused-ring (bicyclic) bond motifs is 2. The van der Waals surface area contributed by atoms with Gasteiger partial charge in [-0.15, -0.1) is 0 Å². The lowest BCUT2D eigenvalue weighted by Crippen LogP contribution is -2.37. The minimum Gasteiger partial charge on any atom is -0.490 e. The largest absolute Gasteiger partial charge is 0.490 e. The van der Waals surface area contributed by atoms with E-state index in [-0.39, 0.29) is 28.2 Å². The lowest BCUT2D eigenvalue weighted by atomic mass is 9.98. The molecule has 0 bridgehead atoms. The van der Waals surface area contributed by atoms with Gasteiger partial charge in [-0.25, -0.2) is 4.39 Å². The summed E-state index contributed by atoms with van der Waals surface area (Å²) < 4.78 is 31.9. The topological polar surface area (TPSA) is 72.2 Å². The maximum absolute atomic E-state index is 14.1. The van der Waals surface area contributed by atoms with Crippen LogP contribution in [0.5, 0.6) is 11.5 Å². The van der Waals surface area contributed by atoms with Crippen molar-refractivity contribution in [1.82, 2.24) is 9.80 Å². The molecular formula is C30H37FN2O5. The minimum absolute atomic E-state index is 0.0107. The van der Waals surface area contributed by atoms with E-state index in [0.29, 0.717) is 43.4 Å². The van der Waals surface area contributed by atoms with E-state index >= 15 is 0 Å². The van der Waals surface area contributed by atoms with E-state index in [2.05, 4.69) is 25.7 Å². The maximum atomic E-state index is 14.1. The van der Waals surface area contributed by atoms with Gasteiger partial charge in [-0.3, -0.25) is 9.59 Å². The molecule has 1 aliphatic rings. The van der Waals surface area contributed by atoms with Gasteiger partial charge in [0.25, 0.3) is 5.91 Å². The molecule has 7 nitrogen and oxygen atoms in total. The molecule has 0 saturated heterocycles. The van der Waals surface area contributed by atoms with Crippen molar-refractivity contribution in [3.8, 4) is 11.5 Å². The second-order valence-corrected chi connectivity index (χ2v) is 9.44. The van der Waals surface area contributed by atoms with Crippen LogP contribution in [0, 0.1) is 5.82 Å². The molecule has 1 aromatic heterocycles. The number of nitrogens with zero attached hydrogens (tertiary/aromatic N) is 2. The van der Waals surface area contributed by atoms with Crippen LogP contribution < -0.4 is 14.9 Å². The van der Waals surface area contributed by atoms with Crippen LogP contribution in [-0.2, 0) is 0 Å². The van der Waals surface area contributed by atoms with Gasteiger partial charge in [0.05, 0.1) is 30.2 Å². The molecule has 3 aromatic rings. The third-order valence-electron chi connectivity index (χ3n) is 7.07. The first-order valence-electron chi connectivity index (χ1n) is 13.6. The number of carbonyl (C=O) groups is 1. The number of halogens is 1. The Kier molecular flexibility index (Phi) is 9.05. The van der Waals surface area contributed by atoms with Gasteiger partial charge in [0.1, 0.15) is 11.4 Å². The van der Waals surface area contributed by atoms with Crippen LogP contribution in [0.4, 0.5) is 4.39 Å². The molecule has 0 N–H and O–H groups in total. The van der Waals surface area contributed by atoms with Crippen LogP contribution >= 0.6 is 0 Å². The molecule has 0 radical (unpaired) electrons. The van der Waals surface area contributed by atoms with Crippen LogP contribution in [0.2, 0.25) is 0 Å². The summed E-state index contributed by atoms with van der Waals surface area (Å²) in [5.41, 5.74) is 0.733. The first-order valence-corrected chi connectivity index (χ1v) is 13.6. The van der Waals surface area contributed by atoms with Gasteiger partial charge in [-0.1, -0.05) is 39.7 Å². The number of amides is 1. The zero-order valence-electron chi connectivity index (χ0n) is 22.7. The van der Waals surface area contributed by atoms with E-state index in [9.17, 15) is 14.0 Å². The van der Waals surface area contributed by atoms with E-state index in [4.69, 9.17) is 13.9 Å². The van der Waals surface area contributed by atoms with Crippen LogP contribution in [0.25, 0.3) is 11.0 Å². The third-order valence-corrected chi connectivity index (χ3v) is 7.07. The Bertz CT molecular complexity index is 1330. The Morgan fingerprint density at radius 3 is 2.47 bits per heavy atom. The Hall–Kier alpha value is -3.39. The number of rotatable bonds is 13. The highest BCUT2D eigenvalue weighted by Crippen LogP contribution is 2.41. The van der Waals surface area contributed by atoms with E-state index in [0.717, 1.165) is 32.4 Å². The first-order chi connectivity index (χ1) is 18.4. The summed E-state index contributed by atoms with van der Waals surface area (Å²) in [6, 6.07) is 8.63. The highest BCUT2D eigenvalue weighted by molar-refractivity contribution is 5.99.